The zero-order valence-electron chi connectivity index (χ0n) is 16.7. The normalized spacial score (nSPS) is 9.65. The Kier molecular flexibility index (Phi) is 16.4. The molecule has 0 aliphatic carbocycles. The molecule has 0 aliphatic heterocycles. The number of rotatable bonds is 8. The van der Waals surface area contributed by atoms with Crippen molar-refractivity contribution in [3.05, 3.63) is 56.0 Å². The van der Waals surface area contributed by atoms with E-state index in [2.05, 4.69) is 52.5 Å². The number of hydrogen-bond acceptors (Lipinski definition) is 6. The molecule has 6 nitrogen and oxygen atoms in total. The number of carbonyl (C=O) groups excluding carboxylic acids is 2. The lowest BCUT2D eigenvalue weighted by Gasteiger charge is -2.08. The van der Waals surface area contributed by atoms with Crippen LogP contribution in [0.25, 0.3) is 0 Å². The van der Waals surface area contributed by atoms with Crippen LogP contribution in [0.3, 0.4) is 0 Å². The molecule has 11 heteroatoms. The fourth-order valence-electron chi connectivity index (χ4n) is 1.79. The van der Waals surface area contributed by atoms with Crippen molar-refractivity contribution in [3.63, 3.8) is 0 Å². The molecule has 0 spiro atoms. The highest BCUT2D eigenvalue weighted by molar-refractivity contribution is 9.10. The van der Waals surface area contributed by atoms with Gasteiger partial charge in [0, 0.05) is 28.5 Å². The third kappa shape index (κ3) is 11.7. The van der Waals surface area contributed by atoms with Gasteiger partial charge in [0.15, 0.2) is 12.6 Å². The minimum Gasteiger partial charge on any atom is -0.507 e. The molecule has 2 rings (SSSR count). The van der Waals surface area contributed by atoms with Gasteiger partial charge in [0.1, 0.15) is 29.7 Å². The topological polar surface area (TPSA) is 82.1 Å². The van der Waals surface area contributed by atoms with Crippen LogP contribution >= 0.6 is 47.8 Å². The van der Waals surface area contributed by atoms with E-state index in [-0.39, 0.29) is 35.5 Å². The number of methoxy groups -OCH3 is 2. The number of aromatic hydroxyl groups is 1. The highest BCUT2D eigenvalue weighted by Crippen LogP contribution is 2.25. The van der Waals surface area contributed by atoms with Gasteiger partial charge < -0.3 is 19.3 Å². The third-order valence-corrected chi connectivity index (χ3v) is 4.43. The molecule has 0 unspecified atom stereocenters. The Bertz CT molecular complexity index is 812. The maximum absolute atomic E-state index is 13.2. The van der Waals surface area contributed by atoms with Crippen molar-refractivity contribution in [3.8, 4) is 11.5 Å². The molecule has 172 valence electrons. The standard InChI is InChI=1S/C10H10BrFO3.C7H4BrFO2.C3H7BrO/c1-14-2-3-15-10-5-7(11)4-9(12)8(10)6-13;8-4-1-6(9)5(3-10)7(11)2-4;1-5-3-2-4/h4-6H,2-3H2,1H3;1-3,11H;2-3H2,1H3. The van der Waals surface area contributed by atoms with Crippen LogP contribution in [0.4, 0.5) is 8.78 Å². The fourth-order valence-corrected chi connectivity index (χ4v) is 2.95. The van der Waals surface area contributed by atoms with E-state index >= 15 is 0 Å². The zero-order chi connectivity index (χ0) is 23.8. The lowest BCUT2D eigenvalue weighted by Crippen LogP contribution is -2.06. The summed E-state index contributed by atoms with van der Waals surface area (Å²) in [5.74, 6) is -1.47. The number of benzene rings is 2. The Morgan fingerprint density at radius 1 is 0.871 bits per heavy atom. The van der Waals surface area contributed by atoms with Gasteiger partial charge >= 0.3 is 0 Å². The maximum atomic E-state index is 13.2. The van der Waals surface area contributed by atoms with Crippen molar-refractivity contribution in [1.29, 1.82) is 0 Å². The maximum Gasteiger partial charge on any atom is 0.156 e. The number of aldehydes is 2. The summed E-state index contributed by atoms with van der Waals surface area (Å²) in [6, 6.07) is 5.13. The summed E-state index contributed by atoms with van der Waals surface area (Å²) in [6.07, 6.45) is 0.709. The van der Waals surface area contributed by atoms with Gasteiger partial charge in [-0.3, -0.25) is 9.59 Å². The van der Waals surface area contributed by atoms with Gasteiger partial charge in [-0.05, 0) is 24.3 Å². The molecule has 0 aliphatic rings. The number of hydrogen-bond donors (Lipinski definition) is 1. The molecule has 0 saturated carbocycles. The molecule has 0 radical (unpaired) electrons. The van der Waals surface area contributed by atoms with Gasteiger partial charge in [-0.1, -0.05) is 47.8 Å². The van der Waals surface area contributed by atoms with Crippen molar-refractivity contribution in [2.45, 2.75) is 0 Å². The van der Waals surface area contributed by atoms with Crippen LogP contribution in [0, 0.1) is 11.6 Å². The predicted octanol–water partition coefficient (Wildman–Crippen LogP) is 5.56. The molecule has 1 N–H and O–H groups in total. The molecule has 0 heterocycles. The Hall–Kier alpha value is -1.40. The first kappa shape index (κ1) is 29.6. The number of carbonyl (C=O) groups is 2. The van der Waals surface area contributed by atoms with Crippen LogP contribution in [-0.2, 0) is 9.47 Å². The molecule has 0 bridgehead atoms. The summed E-state index contributed by atoms with van der Waals surface area (Å²) < 4.78 is 41.5. The van der Waals surface area contributed by atoms with Crippen molar-refractivity contribution in [2.75, 3.05) is 39.4 Å². The van der Waals surface area contributed by atoms with E-state index in [4.69, 9.17) is 14.6 Å². The first-order valence-electron chi connectivity index (χ1n) is 8.49. The molecule has 0 saturated heterocycles. The summed E-state index contributed by atoms with van der Waals surface area (Å²) >= 11 is 9.26. The lowest BCUT2D eigenvalue weighted by molar-refractivity contribution is 0.110. The SMILES string of the molecule is COCCBr.COCCOc1cc(Br)cc(F)c1C=O.O=Cc1c(O)cc(Br)cc1F. The van der Waals surface area contributed by atoms with E-state index in [0.29, 0.717) is 21.8 Å². The van der Waals surface area contributed by atoms with Gasteiger partial charge in [0.2, 0.25) is 0 Å². The first-order valence-corrected chi connectivity index (χ1v) is 11.2. The van der Waals surface area contributed by atoms with Gasteiger partial charge in [-0.2, -0.15) is 0 Å². The monoisotopic (exact) mass is 632 g/mol. The van der Waals surface area contributed by atoms with Crippen LogP contribution in [0.1, 0.15) is 20.7 Å². The van der Waals surface area contributed by atoms with E-state index in [1.54, 1.807) is 13.2 Å². The summed E-state index contributed by atoms with van der Waals surface area (Å²) in [7, 11) is 3.22. The van der Waals surface area contributed by atoms with Crippen molar-refractivity contribution in [2.24, 2.45) is 0 Å². The number of phenolic OH excluding ortho intramolecular Hbond substituents is 1. The summed E-state index contributed by atoms with van der Waals surface area (Å²) in [5, 5.41) is 9.90. The molecule has 0 aromatic heterocycles. The average molecular weight is 635 g/mol. The third-order valence-electron chi connectivity index (χ3n) is 3.19. The number of halogens is 5. The minimum atomic E-state index is -0.730. The first-order chi connectivity index (χ1) is 14.7. The Morgan fingerprint density at radius 2 is 1.39 bits per heavy atom. The number of ether oxygens (including phenoxy) is 3. The summed E-state index contributed by atoms with van der Waals surface area (Å²) in [5.41, 5.74) is -0.387. The average Bonchev–Trinajstić information content (AvgIpc) is 2.69. The van der Waals surface area contributed by atoms with Crippen molar-refractivity contribution < 1.29 is 37.7 Å². The largest absolute Gasteiger partial charge is 0.507 e. The van der Waals surface area contributed by atoms with Crippen molar-refractivity contribution in [1.82, 2.24) is 0 Å². The molecule has 0 fully saturated rings. The lowest BCUT2D eigenvalue weighted by atomic mass is 10.2. The zero-order valence-corrected chi connectivity index (χ0v) is 21.4. The highest BCUT2D eigenvalue weighted by atomic mass is 79.9. The molecule has 2 aromatic rings. The Labute approximate surface area is 204 Å². The van der Waals surface area contributed by atoms with E-state index in [9.17, 15) is 18.4 Å². The van der Waals surface area contributed by atoms with Gasteiger partial charge in [-0.25, -0.2) is 8.78 Å². The van der Waals surface area contributed by atoms with Crippen LogP contribution in [-0.4, -0.2) is 57.0 Å². The smallest absolute Gasteiger partial charge is 0.156 e. The van der Waals surface area contributed by atoms with Crippen LogP contribution in [0.5, 0.6) is 11.5 Å². The van der Waals surface area contributed by atoms with Crippen LogP contribution in [0.15, 0.2) is 33.2 Å². The van der Waals surface area contributed by atoms with E-state index in [1.807, 2.05) is 0 Å². The van der Waals surface area contributed by atoms with E-state index in [1.165, 1.54) is 19.2 Å². The highest BCUT2D eigenvalue weighted by Gasteiger charge is 2.10. The molecular weight excluding hydrogens is 614 g/mol. The van der Waals surface area contributed by atoms with Crippen LogP contribution in [0.2, 0.25) is 0 Å². The second kappa shape index (κ2) is 17.2. The Morgan fingerprint density at radius 3 is 1.81 bits per heavy atom. The fraction of sp³-hybridized carbons (Fsp3) is 0.300. The molecule has 2 aromatic carbocycles. The second-order valence-electron chi connectivity index (χ2n) is 5.38. The van der Waals surface area contributed by atoms with Gasteiger partial charge in [0.05, 0.1) is 24.3 Å². The van der Waals surface area contributed by atoms with E-state index < -0.39 is 11.6 Å². The van der Waals surface area contributed by atoms with Gasteiger partial charge in [-0.15, -0.1) is 0 Å². The second-order valence-corrected chi connectivity index (χ2v) is 8.00. The predicted molar refractivity (Wildman–Crippen MR) is 124 cm³/mol. The molecule has 31 heavy (non-hydrogen) atoms. The quantitative estimate of drug-likeness (QED) is 0.233. The van der Waals surface area contributed by atoms with Crippen molar-refractivity contribution >= 4 is 60.4 Å². The molecule has 0 atom stereocenters. The summed E-state index contributed by atoms with van der Waals surface area (Å²) in [4.78, 5) is 20.8. The molecular formula is C20H21Br3F2O6. The Balaban J connectivity index is 0.000000492. The van der Waals surface area contributed by atoms with Crippen LogP contribution < -0.4 is 4.74 Å². The van der Waals surface area contributed by atoms with E-state index in [0.717, 1.165) is 18.0 Å². The molecule has 0 amide bonds. The number of alkyl halides is 1. The number of phenols is 1. The van der Waals surface area contributed by atoms with Gasteiger partial charge in [0.25, 0.3) is 0 Å². The minimum absolute atomic E-state index is 0.0747. The summed E-state index contributed by atoms with van der Waals surface area (Å²) in [6.45, 7) is 1.46.